The lowest BCUT2D eigenvalue weighted by Crippen LogP contribution is -2.53. The van der Waals surface area contributed by atoms with Crippen LogP contribution in [0, 0.1) is 0 Å². The molecule has 0 saturated heterocycles. The molecular weight excluding hydrogens is 352 g/mol. The van der Waals surface area contributed by atoms with E-state index in [9.17, 15) is 31.4 Å². The summed E-state index contributed by atoms with van der Waals surface area (Å²) in [7, 11) is 0. The third kappa shape index (κ3) is 4.65. The van der Waals surface area contributed by atoms with Crippen molar-refractivity contribution in [2.75, 3.05) is 0 Å². The van der Waals surface area contributed by atoms with Gasteiger partial charge in [-0.3, -0.25) is 0 Å². The van der Waals surface area contributed by atoms with E-state index in [1.165, 1.54) is 0 Å². The molecule has 0 aliphatic rings. The highest BCUT2D eigenvalue weighted by molar-refractivity contribution is 6.00. The minimum absolute atomic E-state index is 0.230. The van der Waals surface area contributed by atoms with E-state index in [0.29, 0.717) is 36.2 Å². The van der Waals surface area contributed by atoms with Gasteiger partial charge in [-0.15, -0.1) is 0 Å². The first-order valence-corrected chi connectivity index (χ1v) is 7.54. The molecule has 0 spiro atoms. The Morgan fingerprint density at radius 3 is 1.88 bits per heavy atom. The van der Waals surface area contributed by atoms with Gasteiger partial charge in [0.1, 0.15) is 6.10 Å². The smallest absolute Gasteiger partial charge is 0.393 e. The number of benzene rings is 1. The van der Waals surface area contributed by atoms with Crippen LogP contribution in [0.1, 0.15) is 44.7 Å². The molecular formula is C16H19F6NO2. The zero-order chi connectivity index (χ0) is 19.5. The predicted molar refractivity (Wildman–Crippen MR) is 80.1 cm³/mol. The number of rotatable bonds is 6. The third-order valence-corrected chi connectivity index (χ3v) is 3.32. The Morgan fingerprint density at radius 1 is 1.04 bits per heavy atom. The first-order chi connectivity index (χ1) is 11.3. The lowest BCUT2D eigenvalue weighted by Gasteiger charge is -2.32. The monoisotopic (exact) mass is 371 g/mol. The molecule has 0 amide bonds. The lowest BCUT2D eigenvalue weighted by atomic mass is 9.91. The molecule has 1 aromatic rings. The fraction of sp³-hybridized carbons (Fsp3) is 0.562. The van der Waals surface area contributed by atoms with Crippen LogP contribution in [-0.4, -0.2) is 29.3 Å². The van der Waals surface area contributed by atoms with Crippen molar-refractivity contribution in [2.24, 2.45) is 5.16 Å². The second-order valence-corrected chi connectivity index (χ2v) is 5.73. The molecule has 0 heterocycles. The van der Waals surface area contributed by atoms with E-state index in [1.807, 2.05) is 6.92 Å². The first kappa shape index (κ1) is 21.3. The van der Waals surface area contributed by atoms with Gasteiger partial charge >= 0.3 is 12.4 Å². The van der Waals surface area contributed by atoms with Crippen molar-refractivity contribution in [3.63, 3.8) is 0 Å². The van der Waals surface area contributed by atoms with Crippen molar-refractivity contribution in [1.29, 1.82) is 0 Å². The van der Waals surface area contributed by atoms with Crippen LogP contribution in [0.15, 0.2) is 29.4 Å². The van der Waals surface area contributed by atoms with Crippen molar-refractivity contribution >= 4 is 5.71 Å². The Balaban J connectivity index is 3.29. The lowest BCUT2D eigenvalue weighted by molar-refractivity contribution is -0.376. The van der Waals surface area contributed by atoms with Gasteiger partial charge in [0.15, 0.2) is 0 Å². The largest absolute Gasteiger partial charge is 0.430 e. The molecule has 142 valence electrons. The Labute approximate surface area is 141 Å². The Bertz CT molecular complexity index is 576. The molecule has 0 atom stereocenters. The van der Waals surface area contributed by atoms with E-state index >= 15 is 0 Å². The molecule has 9 heteroatoms. The van der Waals surface area contributed by atoms with Crippen molar-refractivity contribution < 1.29 is 36.3 Å². The summed E-state index contributed by atoms with van der Waals surface area (Å²) in [5, 5.41) is 13.2. The molecule has 0 aliphatic heterocycles. The van der Waals surface area contributed by atoms with Gasteiger partial charge in [0.25, 0.3) is 5.60 Å². The van der Waals surface area contributed by atoms with E-state index in [-0.39, 0.29) is 6.10 Å². The Kier molecular flexibility index (Phi) is 6.50. The van der Waals surface area contributed by atoms with Crippen LogP contribution in [0.25, 0.3) is 0 Å². The Morgan fingerprint density at radius 2 is 1.52 bits per heavy atom. The predicted octanol–water partition coefficient (Wildman–Crippen LogP) is 4.93. The van der Waals surface area contributed by atoms with Crippen LogP contribution in [0.3, 0.4) is 0 Å². The maximum absolute atomic E-state index is 12.9. The molecule has 0 saturated carbocycles. The first-order valence-electron chi connectivity index (χ1n) is 7.54. The minimum Gasteiger partial charge on any atom is -0.393 e. The maximum atomic E-state index is 12.9. The van der Waals surface area contributed by atoms with E-state index in [1.54, 1.807) is 13.8 Å². The molecule has 3 nitrogen and oxygen atoms in total. The summed E-state index contributed by atoms with van der Waals surface area (Å²) in [6.07, 6.45) is -11.0. The fourth-order valence-corrected chi connectivity index (χ4v) is 2.04. The molecule has 0 aliphatic carbocycles. The summed E-state index contributed by atoms with van der Waals surface area (Å²) in [5.74, 6) is 0. The average Bonchev–Trinajstić information content (AvgIpc) is 2.48. The van der Waals surface area contributed by atoms with Crippen LogP contribution in [0.4, 0.5) is 26.3 Å². The van der Waals surface area contributed by atoms with E-state index < -0.39 is 23.5 Å². The van der Waals surface area contributed by atoms with Crippen LogP contribution >= 0.6 is 0 Å². The summed E-state index contributed by atoms with van der Waals surface area (Å²) < 4.78 is 77.2. The van der Waals surface area contributed by atoms with Crippen molar-refractivity contribution in [2.45, 2.75) is 57.7 Å². The van der Waals surface area contributed by atoms with Crippen molar-refractivity contribution in [3.05, 3.63) is 35.4 Å². The van der Waals surface area contributed by atoms with Gasteiger partial charge in [-0.1, -0.05) is 42.8 Å². The summed E-state index contributed by atoms with van der Waals surface area (Å²) in [4.78, 5) is 5.10. The summed E-state index contributed by atoms with van der Waals surface area (Å²) in [5.41, 5.74) is -5.53. The second kappa shape index (κ2) is 7.63. The zero-order valence-corrected chi connectivity index (χ0v) is 13.9. The highest BCUT2D eigenvalue weighted by Gasteiger charge is 2.71. The standard InChI is InChI=1S/C16H19F6NO2/c1-4-5-13(23-25-10(2)3)11-6-8-12(9-7-11)14(24,15(17,18)19)16(20,21)22/h6-10,24H,4-5H2,1-3H3. The normalized spacial score (nSPS) is 14.1. The summed E-state index contributed by atoms with van der Waals surface area (Å²) in [6.45, 7) is 5.29. The second-order valence-electron chi connectivity index (χ2n) is 5.73. The minimum atomic E-state index is -5.91. The third-order valence-electron chi connectivity index (χ3n) is 3.32. The van der Waals surface area contributed by atoms with Crippen LogP contribution in [0.5, 0.6) is 0 Å². The van der Waals surface area contributed by atoms with Gasteiger partial charge in [-0.05, 0) is 25.8 Å². The number of hydrogen-bond acceptors (Lipinski definition) is 3. The average molecular weight is 371 g/mol. The van der Waals surface area contributed by atoms with Gasteiger partial charge in [0.05, 0.1) is 5.71 Å². The zero-order valence-electron chi connectivity index (χ0n) is 13.9. The summed E-state index contributed by atoms with van der Waals surface area (Å²) >= 11 is 0. The molecule has 1 rings (SSSR count). The van der Waals surface area contributed by atoms with Crippen molar-refractivity contribution in [1.82, 2.24) is 0 Å². The number of nitrogens with zero attached hydrogens (tertiary/aromatic N) is 1. The number of aliphatic hydroxyl groups is 1. The molecule has 0 aromatic heterocycles. The molecule has 25 heavy (non-hydrogen) atoms. The maximum Gasteiger partial charge on any atom is 0.430 e. The highest BCUT2D eigenvalue weighted by Crippen LogP contribution is 2.49. The number of hydrogen-bond donors (Lipinski definition) is 1. The molecule has 0 unspecified atom stereocenters. The number of alkyl halides is 6. The Hall–Kier alpha value is -1.77. The van der Waals surface area contributed by atoms with Crippen molar-refractivity contribution in [3.8, 4) is 0 Å². The number of oxime groups is 1. The van der Waals surface area contributed by atoms with Gasteiger partial charge in [-0.2, -0.15) is 26.3 Å². The fourth-order valence-electron chi connectivity index (χ4n) is 2.04. The van der Waals surface area contributed by atoms with Crippen LogP contribution < -0.4 is 0 Å². The molecule has 1 aromatic carbocycles. The van der Waals surface area contributed by atoms with Gasteiger partial charge in [0, 0.05) is 5.56 Å². The molecule has 0 bridgehead atoms. The van der Waals surface area contributed by atoms with Gasteiger partial charge in [0.2, 0.25) is 0 Å². The quantitative estimate of drug-likeness (QED) is 0.438. The number of halogens is 6. The SMILES string of the molecule is CCCC(=NOC(C)C)c1ccc(C(O)(C(F)(F)F)C(F)(F)F)cc1. The van der Waals surface area contributed by atoms with E-state index in [2.05, 4.69) is 5.16 Å². The van der Waals surface area contributed by atoms with Crippen LogP contribution in [0.2, 0.25) is 0 Å². The van der Waals surface area contributed by atoms with Crippen LogP contribution in [-0.2, 0) is 10.4 Å². The molecule has 0 fully saturated rings. The van der Waals surface area contributed by atoms with E-state index in [4.69, 9.17) is 4.84 Å². The van der Waals surface area contributed by atoms with Gasteiger partial charge in [-0.25, -0.2) is 0 Å². The summed E-state index contributed by atoms with van der Waals surface area (Å²) in [6, 6.07) is 3.29. The molecule has 0 radical (unpaired) electrons. The van der Waals surface area contributed by atoms with Gasteiger partial charge < -0.3 is 9.94 Å². The topological polar surface area (TPSA) is 41.8 Å². The van der Waals surface area contributed by atoms with E-state index in [0.717, 1.165) is 12.1 Å². The molecule has 1 N–H and O–H groups in total. The highest BCUT2D eigenvalue weighted by atomic mass is 19.4.